The third-order valence-corrected chi connectivity index (χ3v) is 9.34. The summed E-state index contributed by atoms with van der Waals surface area (Å²) in [6.07, 6.45) is 4.87. The second-order valence-electron chi connectivity index (χ2n) is 10.1. The Kier molecular flexibility index (Phi) is 8.12. The topological polar surface area (TPSA) is 35.5 Å². The van der Waals surface area contributed by atoms with Gasteiger partial charge in [0.25, 0.3) is 0 Å². The molecule has 31 heavy (non-hydrogen) atoms. The van der Waals surface area contributed by atoms with E-state index in [1.54, 1.807) is 0 Å². The SMILES string of the molecule is CCCCC[C@@]1(Cc2ccccc2)C(=O)O[C@@H](COCc2ccccc2)[C@H]1[Si](C)(C)C. The highest BCUT2D eigenvalue weighted by Gasteiger charge is 2.60. The summed E-state index contributed by atoms with van der Waals surface area (Å²) >= 11 is 0. The van der Waals surface area contributed by atoms with Gasteiger partial charge in [0.05, 0.1) is 26.7 Å². The molecule has 0 saturated carbocycles. The largest absolute Gasteiger partial charge is 0.459 e. The van der Waals surface area contributed by atoms with Gasteiger partial charge < -0.3 is 9.47 Å². The number of hydrogen-bond acceptors (Lipinski definition) is 3. The lowest BCUT2D eigenvalue weighted by Crippen LogP contribution is -2.46. The molecule has 1 fully saturated rings. The van der Waals surface area contributed by atoms with Crippen LogP contribution in [0.25, 0.3) is 0 Å². The zero-order chi connectivity index (χ0) is 22.3. The quantitative estimate of drug-likeness (QED) is 0.224. The number of carbonyl (C=O) groups is 1. The van der Waals surface area contributed by atoms with E-state index in [0.29, 0.717) is 13.2 Å². The van der Waals surface area contributed by atoms with Crippen molar-refractivity contribution in [2.75, 3.05) is 6.61 Å². The summed E-state index contributed by atoms with van der Waals surface area (Å²) in [4.78, 5) is 13.5. The Morgan fingerprint density at radius 1 is 0.935 bits per heavy atom. The fourth-order valence-electron chi connectivity index (χ4n) is 5.37. The Morgan fingerprint density at radius 2 is 1.55 bits per heavy atom. The van der Waals surface area contributed by atoms with Gasteiger partial charge in [-0.15, -0.1) is 0 Å². The van der Waals surface area contributed by atoms with E-state index in [4.69, 9.17) is 9.47 Å². The summed E-state index contributed by atoms with van der Waals surface area (Å²) in [6, 6.07) is 20.7. The van der Waals surface area contributed by atoms with E-state index in [9.17, 15) is 4.79 Å². The first kappa shape index (κ1) is 23.7. The van der Waals surface area contributed by atoms with Crippen LogP contribution in [0.5, 0.6) is 0 Å². The fraction of sp³-hybridized carbons (Fsp3) is 0.519. The lowest BCUT2D eigenvalue weighted by Gasteiger charge is -2.40. The molecule has 0 bridgehead atoms. The molecule has 0 unspecified atom stereocenters. The molecule has 1 saturated heterocycles. The molecule has 0 spiro atoms. The van der Waals surface area contributed by atoms with Crippen molar-refractivity contribution in [1.29, 1.82) is 0 Å². The van der Waals surface area contributed by atoms with Crippen molar-refractivity contribution in [2.24, 2.45) is 5.41 Å². The van der Waals surface area contributed by atoms with Gasteiger partial charge in [-0.25, -0.2) is 0 Å². The molecule has 3 nitrogen and oxygen atoms in total. The molecule has 1 aliphatic rings. The summed E-state index contributed by atoms with van der Waals surface area (Å²) in [5.41, 5.74) is 2.17. The summed E-state index contributed by atoms with van der Waals surface area (Å²) in [6.45, 7) is 10.4. The summed E-state index contributed by atoms with van der Waals surface area (Å²) in [5.74, 6) is -0.00630. The third-order valence-electron chi connectivity index (χ3n) is 6.55. The number of hydrogen-bond donors (Lipinski definition) is 0. The van der Waals surface area contributed by atoms with E-state index in [1.807, 2.05) is 24.3 Å². The smallest absolute Gasteiger partial charge is 0.312 e. The average molecular weight is 439 g/mol. The minimum atomic E-state index is -1.73. The Balaban J connectivity index is 1.84. The molecule has 1 aliphatic heterocycles. The molecular weight excluding hydrogens is 400 g/mol. The normalized spacial score (nSPS) is 23.7. The molecule has 1 heterocycles. The molecule has 2 aromatic rings. The van der Waals surface area contributed by atoms with Crippen molar-refractivity contribution in [3.63, 3.8) is 0 Å². The van der Waals surface area contributed by atoms with Crippen LogP contribution in [0.4, 0.5) is 0 Å². The van der Waals surface area contributed by atoms with Gasteiger partial charge in [-0.1, -0.05) is 106 Å². The molecule has 0 aliphatic carbocycles. The number of unbranched alkanes of at least 4 members (excludes halogenated alkanes) is 2. The predicted molar refractivity (Wildman–Crippen MR) is 130 cm³/mol. The highest BCUT2D eigenvalue weighted by molar-refractivity contribution is 6.78. The van der Waals surface area contributed by atoms with Crippen molar-refractivity contribution in [3.8, 4) is 0 Å². The maximum absolute atomic E-state index is 13.5. The molecule has 0 N–H and O–H groups in total. The Bertz CT molecular complexity index is 815. The first-order valence-corrected chi connectivity index (χ1v) is 15.3. The van der Waals surface area contributed by atoms with Gasteiger partial charge in [-0.2, -0.15) is 0 Å². The molecule has 3 atom stereocenters. The van der Waals surface area contributed by atoms with Crippen LogP contribution in [0, 0.1) is 5.41 Å². The van der Waals surface area contributed by atoms with E-state index >= 15 is 0 Å². The zero-order valence-corrected chi connectivity index (χ0v) is 20.6. The minimum absolute atomic E-state index is 0.00630. The van der Waals surface area contributed by atoms with Crippen molar-refractivity contribution in [1.82, 2.24) is 0 Å². The van der Waals surface area contributed by atoms with Crippen molar-refractivity contribution < 1.29 is 14.3 Å². The number of ether oxygens (including phenoxy) is 2. The van der Waals surface area contributed by atoms with Crippen molar-refractivity contribution in [2.45, 2.75) is 76.9 Å². The van der Waals surface area contributed by atoms with Gasteiger partial charge in [-0.3, -0.25) is 4.79 Å². The van der Waals surface area contributed by atoms with Crippen molar-refractivity contribution >= 4 is 14.0 Å². The molecule has 3 rings (SSSR count). The van der Waals surface area contributed by atoms with Crippen LogP contribution in [0.3, 0.4) is 0 Å². The van der Waals surface area contributed by atoms with Crippen LogP contribution in [-0.2, 0) is 27.3 Å². The molecular formula is C27H38O3Si. The maximum Gasteiger partial charge on any atom is 0.312 e. The van der Waals surface area contributed by atoms with Crippen molar-refractivity contribution in [3.05, 3.63) is 71.8 Å². The number of carbonyl (C=O) groups excluding carboxylic acids is 1. The van der Waals surface area contributed by atoms with Crippen LogP contribution in [0.15, 0.2) is 60.7 Å². The van der Waals surface area contributed by atoms with Gasteiger partial charge in [0.1, 0.15) is 6.10 Å². The van der Waals surface area contributed by atoms with Crippen LogP contribution in [-0.4, -0.2) is 26.8 Å². The number of rotatable bonds is 11. The van der Waals surface area contributed by atoms with E-state index in [0.717, 1.165) is 37.7 Å². The van der Waals surface area contributed by atoms with Gasteiger partial charge in [0.15, 0.2) is 0 Å². The summed E-state index contributed by atoms with van der Waals surface area (Å²) < 4.78 is 12.2. The molecule has 0 aromatic heterocycles. The van der Waals surface area contributed by atoms with Crippen LogP contribution < -0.4 is 0 Å². The predicted octanol–water partition coefficient (Wildman–Crippen LogP) is 6.65. The molecule has 168 valence electrons. The average Bonchev–Trinajstić information content (AvgIpc) is 3.01. The third kappa shape index (κ3) is 5.87. The maximum atomic E-state index is 13.5. The standard InChI is InChI=1S/C27H38O3Si/c1-5-6-13-18-27(19-22-14-9-7-10-15-22)25(31(2,3)4)24(30-26(27)28)21-29-20-23-16-11-8-12-17-23/h7-12,14-17,24-25H,5-6,13,18-21H2,1-4H3/t24-,25+,27-/m0/s1. The lowest BCUT2D eigenvalue weighted by atomic mass is 9.74. The second kappa shape index (κ2) is 10.6. The molecule has 0 radical (unpaired) electrons. The minimum Gasteiger partial charge on any atom is -0.459 e. The monoisotopic (exact) mass is 438 g/mol. The summed E-state index contributed by atoms with van der Waals surface area (Å²) in [5, 5.41) is 0. The first-order chi connectivity index (χ1) is 14.9. The van der Waals surface area contributed by atoms with Gasteiger partial charge >= 0.3 is 5.97 Å². The van der Waals surface area contributed by atoms with E-state index in [2.05, 4.69) is 63.0 Å². The van der Waals surface area contributed by atoms with Gasteiger partial charge in [-0.05, 0) is 24.0 Å². The van der Waals surface area contributed by atoms with E-state index in [1.165, 1.54) is 5.56 Å². The Labute approximate surface area is 189 Å². The molecule has 0 amide bonds. The van der Waals surface area contributed by atoms with Gasteiger partial charge in [0.2, 0.25) is 0 Å². The summed E-state index contributed by atoms with van der Waals surface area (Å²) in [7, 11) is -1.73. The Hall–Kier alpha value is -1.91. The van der Waals surface area contributed by atoms with Gasteiger partial charge in [0, 0.05) is 5.54 Å². The molecule has 2 aromatic carbocycles. The lowest BCUT2D eigenvalue weighted by molar-refractivity contribution is -0.150. The van der Waals surface area contributed by atoms with Crippen LogP contribution in [0.2, 0.25) is 25.2 Å². The fourth-order valence-corrected chi connectivity index (χ4v) is 8.67. The second-order valence-corrected chi connectivity index (χ2v) is 15.4. The van der Waals surface area contributed by atoms with E-state index in [-0.39, 0.29) is 17.6 Å². The zero-order valence-electron chi connectivity index (χ0n) is 19.6. The number of esters is 1. The first-order valence-electron chi connectivity index (χ1n) is 11.7. The highest BCUT2D eigenvalue weighted by Crippen LogP contribution is 2.54. The van der Waals surface area contributed by atoms with Crippen LogP contribution >= 0.6 is 0 Å². The highest BCUT2D eigenvalue weighted by atomic mass is 28.3. The number of cyclic esters (lactones) is 1. The van der Waals surface area contributed by atoms with Crippen LogP contribution in [0.1, 0.15) is 43.7 Å². The number of benzene rings is 2. The van der Waals surface area contributed by atoms with E-state index < -0.39 is 13.5 Å². The molecule has 4 heteroatoms. The Morgan fingerprint density at radius 3 is 2.13 bits per heavy atom.